The number of hydrogen-bond donors (Lipinski definition) is 4. The van der Waals surface area contributed by atoms with E-state index in [1.54, 1.807) is 0 Å². The molecule has 0 saturated carbocycles. The molecule has 0 radical (unpaired) electrons. The summed E-state index contributed by atoms with van der Waals surface area (Å²) in [6.07, 6.45) is 1.13. The number of benzene rings is 6. The number of rotatable bonds is 27. The molecule has 0 aliphatic rings. The zero-order chi connectivity index (χ0) is 52.3. The van der Waals surface area contributed by atoms with Crippen LogP contribution in [-0.4, -0.2) is 149 Å². The van der Waals surface area contributed by atoms with E-state index in [2.05, 4.69) is 0 Å². The van der Waals surface area contributed by atoms with Crippen molar-refractivity contribution in [2.75, 3.05) is 78.5 Å². The van der Waals surface area contributed by atoms with E-state index in [0.29, 0.717) is 25.8 Å². The number of fused-ring (bicyclic) bond motifs is 3. The lowest BCUT2D eigenvalue weighted by Crippen LogP contribution is -2.51. The molecular formula is C56H68N10O7. The molecule has 6 rings (SSSR count). The number of carbonyl (C=O) groups excluding carboxylic acids is 7. The van der Waals surface area contributed by atoms with Crippen molar-refractivity contribution in [3.8, 4) is 0 Å². The lowest BCUT2D eigenvalue weighted by atomic mass is 10.0. The summed E-state index contributed by atoms with van der Waals surface area (Å²) in [6, 6.07) is 40.1. The summed E-state index contributed by atoms with van der Waals surface area (Å²) in [5.74, 6) is -3.72. The van der Waals surface area contributed by atoms with Crippen LogP contribution in [0.1, 0.15) is 42.9 Å². The molecule has 0 aromatic heterocycles. The number of nitrogens with two attached hydrogens (primary N) is 4. The van der Waals surface area contributed by atoms with E-state index >= 15 is 0 Å². The van der Waals surface area contributed by atoms with Crippen molar-refractivity contribution in [2.45, 2.75) is 45.8 Å². The van der Waals surface area contributed by atoms with E-state index in [1.165, 1.54) is 36.3 Å². The summed E-state index contributed by atoms with van der Waals surface area (Å²) < 4.78 is 0. The van der Waals surface area contributed by atoms with E-state index < -0.39 is 68.2 Å². The fraction of sp³-hybridized carbons (Fsp3) is 0.339. The largest absolute Gasteiger partial charge is 0.368 e. The SMILES string of the molecule is CC(=O)N(CCCN)CC(=O)N(CC(=O)N(CCCN)CC(=O)N(CC(=O)N(CCCN)CC(=O)N(CC(N)=O)Cc1cccc2ccccc12)Cc1cccc2ccccc12)Cc1cccc2ccccc12. The van der Waals surface area contributed by atoms with Crippen molar-refractivity contribution in [3.63, 3.8) is 0 Å². The maximum absolute atomic E-state index is 14.9. The Bertz CT molecular complexity index is 2880. The summed E-state index contributed by atoms with van der Waals surface area (Å²) in [4.78, 5) is 106. The summed E-state index contributed by atoms with van der Waals surface area (Å²) in [5, 5.41) is 5.44. The minimum atomic E-state index is -0.726. The predicted molar refractivity (Wildman–Crippen MR) is 284 cm³/mol. The fourth-order valence-electron chi connectivity index (χ4n) is 8.89. The standard InChI is InChI=1S/C56H68N10O7/c1-41(67)61(29-11-26-57)36-54(71)65(33-46-21-9-18-43-15-3-6-24-49(43)46)39-52(69)63(31-13-28-59)38-56(73)66(34-47-22-10-19-44-16-4-7-25-50(44)47)40-53(70)62(30-12-27-58)37-55(72)64(35-51(60)68)32-45-20-8-17-42-14-2-5-23-48(42)45/h2-10,14-25H,11-13,26-40,57-59H2,1H3,(H2,60,68). The monoisotopic (exact) mass is 993 g/mol. The van der Waals surface area contributed by atoms with E-state index in [9.17, 15) is 33.6 Å². The van der Waals surface area contributed by atoms with Crippen LogP contribution in [-0.2, 0) is 53.2 Å². The van der Waals surface area contributed by atoms with Crippen LogP contribution in [0.2, 0.25) is 0 Å². The molecule has 6 aromatic carbocycles. The highest BCUT2D eigenvalue weighted by Gasteiger charge is 2.30. The van der Waals surface area contributed by atoms with Crippen LogP contribution in [0.5, 0.6) is 0 Å². The molecule has 0 saturated heterocycles. The smallest absolute Gasteiger partial charge is 0.242 e. The molecule has 0 aliphatic carbocycles. The number of amides is 7. The van der Waals surface area contributed by atoms with Crippen molar-refractivity contribution in [2.24, 2.45) is 22.9 Å². The molecule has 0 bridgehead atoms. The van der Waals surface area contributed by atoms with Crippen molar-refractivity contribution >= 4 is 73.7 Å². The van der Waals surface area contributed by atoms with E-state index in [-0.39, 0.29) is 64.8 Å². The van der Waals surface area contributed by atoms with Gasteiger partial charge in [-0.05, 0) is 87.9 Å². The van der Waals surface area contributed by atoms with Gasteiger partial charge >= 0.3 is 0 Å². The molecule has 7 amide bonds. The van der Waals surface area contributed by atoms with Crippen molar-refractivity contribution in [1.29, 1.82) is 0 Å². The van der Waals surface area contributed by atoms with E-state index in [1.807, 2.05) is 127 Å². The van der Waals surface area contributed by atoms with Gasteiger partial charge in [0.05, 0.1) is 26.2 Å². The predicted octanol–water partition coefficient (Wildman–Crippen LogP) is 3.57. The molecule has 0 unspecified atom stereocenters. The first-order valence-corrected chi connectivity index (χ1v) is 24.7. The first-order valence-electron chi connectivity index (χ1n) is 24.7. The Hall–Kier alpha value is -7.73. The quantitative estimate of drug-likeness (QED) is 0.0585. The van der Waals surface area contributed by atoms with Crippen LogP contribution in [0.4, 0.5) is 0 Å². The zero-order valence-electron chi connectivity index (χ0n) is 41.7. The first-order chi connectivity index (χ1) is 35.3. The summed E-state index contributed by atoms with van der Waals surface area (Å²) >= 11 is 0. The Labute approximate surface area is 426 Å². The third-order valence-corrected chi connectivity index (χ3v) is 12.8. The molecule has 6 aromatic rings. The van der Waals surface area contributed by atoms with Crippen LogP contribution in [0.15, 0.2) is 127 Å². The summed E-state index contributed by atoms with van der Waals surface area (Å²) in [6.45, 7) is 0.0393. The first kappa shape index (κ1) is 54.6. The third kappa shape index (κ3) is 15.4. The molecule has 0 aliphatic heterocycles. The van der Waals surface area contributed by atoms with Gasteiger partial charge in [0.15, 0.2) is 0 Å². The second-order valence-corrected chi connectivity index (χ2v) is 18.1. The van der Waals surface area contributed by atoms with Gasteiger partial charge in [0, 0.05) is 46.2 Å². The molecule has 0 heterocycles. The molecule has 17 heteroatoms. The second-order valence-electron chi connectivity index (χ2n) is 18.1. The van der Waals surface area contributed by atoms with Crippen LogP contribution in [0.3, 0.4) is 0 Å². The molecule has 0 fully saturated rings. The molecule has 73 heavy (non-hydrogen) atoms. The Kier molecular flexibility index (Phi) is 20.3. The highest BCUT2D eigenvalue weighted by molar-refractivity contribution is 5.94. The Morgan fingerprint density at radius 1 is 0.356 bits per heavy atom. The maximum Gasteiger partial charge on any atom is 0.242 e. The zero-order valence-corrected chi connectivity index (χ0v) is 41.7. The topological polar surface area (TPSA) is 243 Å². The Balaban J connectivity index is 1.29. The second kappa shape index (κ2) is 27.2. The van der Waals surface area contributed by atoms with Crippen LogP contribution < -0.4 is 22.9 Å². The van der Waals surface area contributed by atoms with E-state index in [0.717, 1.165) is 49.0 Å². The molecule has 8 N–H and O–H groups in total. The van der Waals surface area contributed by atoms with Crippen LogP contribution >= 0.6 is 0 Å². The lowest BCUT2D eigenvalue weighted by molar-refractivity contribution is -0.148. The van der Waals surface area contributed by atoms with Crippen LogP contribution in [0.25, 0.3) is 32.3 Å². The van der Waals surface area contributed by atoms with Gasteiger partial charge in [0.2, 0.25) is 41.4 Å². The summed E-state index contributed by atoms with van der Waals surface area (Å²) in [5.41, 5.74) is 25.7. The maximum atomic E-state index is 14.9. The fourth-order valence-corrected chi connectivity index (χ4v) is 8.89. The normalized spacial score (nSPS) is 11.1. The minimum absolute atomic E-state index is 0.0328. The summed E-state index contributed by atoms with van der Waals surface area (Å²) in [7, 11) is 0. The van der Waals surface area contributed by atoms with Gasteiger partial charge in [-0.2, -0.15) is 0 Å². The lowest BCUT2D eigenvalue weighted by Gasteiger charge is -2.32. The number of nitrogens with zero attached hydrogens (tertiary/aromatic N) is 6. The molecule has 384 valence electrons. The number of carbonyl (C=O) groups is 7. The Morgan fingerprint density at radius 3 is 0.959 bits per heavy atom. The Morgan fingerprint density at radius 2 is 0.630 bits per heavy atom. The van der Waals surface area contributed by atoms with Crippen molar-refractivity contribution in [1.82, 2.24) is 29.4 Å². The van der Waals surface area contributed by atoms with Gasteiger partial charge in [-0.1, -0.05) is 127 Å². The minimum Gasteiger partial charge on any atom is -0.368 e. The molecular weight excluding hydrogens is 925 g/mol. The average Bonchev–Trinajstić information content (AvgIpc) is 3.39. The molecule has 17 nitrogen and oxygen atoms in total. The third-order valence-electron chi connectivity index (χ3n) is 12.8. The highest BCUT2D eigenvalue weighted by atomic mass is 16.2. The molecule has 0 spiro atoms. The van der Waals surface area contributed by atoms with Crippen molar-refractivity contribution < 1.29 is 33.6 Å². The number of hydrogen-bond acceptors (Lipinski definition) is 10. The van der Waals surface area contributed by atoms with Crippen molar-refractivity contribution in [3.05, 3.63) is 144 Å². The van der Waals surface area contributed by atoms with Gasteiger partial charge < -0.3 is 52.3 Å². The average molecular weight is 993 g/mol. The van der Waals surface area contributed by atoms with Gasteiger partial charge in [-0.15, -0.1) is 0 Å². The van der Waals surface area contributed by atoms with E-state index in [4.69, 9.17) is 22.9 Å². The highest BCUT2D eigenvalue weighted by Crippen LogP contribution is 2.24. The van der Waals surface area contributed by atoms with Gasteiger partial charge in [0.1, 0.15) is 13.1 Å². The van der Waals surface area contributed by atoms with Gasteiger partial charge in [-0.25, -0.2) is 0 Å². The van der Waals surface area contributed by atoms with Gasteiger partial charge in [0.25, 0.3) is 0 Å². The number of primary amides is 1. The van der Waals surface area contributed by atoms with Gasteiger partial charge in [-0.3, -0.25) is 33.6 Å². The van der Waals surface area contributed by atoms with Crippen LogP contribution in [0, 0.1) is 0 Å². The molecule has 0 atom stereocenters.